The number of amides is 1. The van der Waals surface area contributed by atoms with Crippen molar-refractivity contribution in [1.29, 1.82) is 0 Å². The Labute approximate surface area is 63.9 Å². The van der Waals surface area contributed by atoms with Crippen LogP contribution in [0.15, 0.2) is 12.7 Å². The van der Waals surface area contributed by atoms with Crippen LogP contribution < -0.4 is 5.32 Å². The first-order chi connectivity index (χ1) is 4.76. The summed E-state index contributed by atoms with van der Waals surface area (Å²) in [6.07, 6.45) is 1.43. The molecule has 1 N–H and O–H groups in total. The molecule has 0 rings (SSSR count). The first-order valence-corrected chi connectivity index (χ1v) is 3.63. The van der Waals surface area contributed by atoms with Crippen LogP contribution in [0.4, 0.5) is 0 Å². The van der Waals surface area contributed by atoms with Crippen LogP contribution in [0.5, 0.6) is 0 Å². The summed E-state index contributed by atoms with van der Waals surface area (Å²) in [4.78, 5) is 20.7. The molecule has 10 heavy (non-hydrogen) atoms. The first kappa shape index (κ1) is 9.23. The molecule has 1 atom stereocenters. The number of carbonyl (C=O) groups excluding carboxylic acids is 2. The summed E-state index contributed by atoms with van der Waals surface area (Å²) in [6, 6.07) is 0. The number of hydrogen-bond acceptors (Lipinski definition) is 3. The van der Waals surface area contributed by atoms with Crippen molar-refractivity contribution in [2.45, 2.75) is 5.25 Å². The molecule has 0 fully saturated rings. The lowest BCUT2D eigenvalue weighted by Gasteiger charge is -2.04. The third-order valence-electron chi connectivity index (χ3n) is 0.921. The summed E-state index contributed by atoms with van der Waals surface area (Å²) < 4.78 is 0. The van der Waals surface area contributed by atoms with Crippen molar-refractivity contribution in [2.24, 2.45) is 0 Å². The normalized spacial score (nSPS) is 11.7. The monoisotopic (exact) mass is 159 g/mol. The minimum Gasteiger partial charge on any atom is -0.358 e. The van der Waals surface area contributed by atoms with Crippen LogP contribution in [0.2, 0.25) is 0 Å². The average molecular weight is 159 g/mol. The zero-order valence-corrected chi connectivity index (χ0v) is 6.48. The van der Waals surface area contributed by atoms with E-state index in [0.717, 1.165) is 11.8 Å². The number of nitrogens with one attached hydrogen (secondary N) is 1. The minimum atomic E-state index is -0.456. The largest absolute Gasteiger partial charge is 0.358 e. The van der Waals surface area contributed by atoms with Crippen molar-refractivity contribution >= 4 is 23.3 Å². The predicted octanol–water partition coefficient (Wildman–Crippen LogP) is 0.210. The van der Waals surface area contributed by atoms with Gasteiger partial charge in [-0.05, 0) is 0 Å². The zero-order valence-electron chi connectivity index (χ0n) is 5.66. The molecule has 0 aromatic carbocycles. The quantitative estimate of drug-likeness (QED) is 0.471. The van der Waals surface area contributed by atoms with Gasteiger partial charge in [0, 0.05) is 7.05 Å². The van der Waals surface area contributed by atoms with Gasteiger partial charge in [0.05, 0.1) is 0 Å². The van der Waals surface area contributed by atoms with E-state index >= 15 is 0 Å². The SMILES string of the molecule is C=CC(SC=O)C(=O)NC. The highest BCUT2D eigenvalue weighted by molar-refractivity contribution is 8.13. The van der Waals surface area contributed by atoms with Gasteiger partial charge in [-0.15, -0.1) is 6.58 Å². The van der Waals surface area contributed by atoms with E-state index in [1.165, 1.54) is 13.1 Å². The molecule has 0 bridgehead atoms. The van der Waals surface area contributed by atoms with Gasteiger partial charge in [-0.25, -0.2) is 0 Å². The summed E-state index contributed by atoms with van der Waals surface area (Å²) in [6.45, 7) is 3.41. The van der Waals surface area contributed by atoms with Crippen molar-refractivity contribution in [2.75, 3.05) is 7.05 Å². The lowest BCUT2D eigenvalue weighted by molar-refractivity contribution is -0.119. The van der Waals surface area contributed by atoms with Crippen LogP contribution in [0.1, 0.15) is 0 Å². The fourth-order valence-electron chi connectivity index (χ4n) is 0.427. The number of carbonyl (C=O) groups is 2. The summed E-state index contributed by atoms with van der Waals surface area (Å²) in [5.41, 5.74) is 0.627. The number of rotatable bonds is 4. The van der Waals surface area contributed by atoms with Gasteiger partial charge in [-0.1, -0.05) is 17.8 Å². The standard InChI is InChI=1S/C6H9NO2S/c1-3-5(10-4-8)6(9)7-2/h3-5H,1H2,2H3,(H,7,9). The van der Waals surface area contributed by atoms with Gasteiger partial charge in [-0.3, -0.25) is 9.59 Å². The van der Waals surface area contributed by atoms with Crippen LogP contribution in [0, 0.1) is 0 Å². The van der Waals surface area contributed by atoms with E-state index in [2.05, 4.69) is 11.9 Å². The molecule has 0 saturated heterocycles. The van der Waals surface area contributed by atoms with Gasteiger partial charge >= 0.3 is 0 Å². The fraction of sp³-hybridized carbons (Fsp3) is 0.333. The van der Waals surface area contributed by atoms with E-state index in [4.69, 9.17) is 0 Å². The van der Waals surface area contributed by atoms with Crippen molar-refractivity contribution < 1.29 is 9.59 Å². The molecule has 0 heterocycles. The van der Waals surface area contributed by atoms with Gasteiger partial charge in [-0.2, -0.15) is 0 Å². The summed E-state index contributed by atoms with van der Waals surface area (Å²) in [5.74, 6) is -0.202. The fourth-order valence-corrected chi connectivity index (χ4v) is 0.899. The minimum absolute atomic E-state index is 0.202. The van der Waals surface area contributed by atoms with Gasteiger partial charge in [0.15, 0.2) is 5.62 Å². The maximum absolute atomic E-state index is 10.8. The molecule has 56 valence electrons. The lowest BCUT2D eigenvalue weighted by atomic mass is 10.4. The average Bonchev–Trinajstić information content (AvgIpc) is 1.99. The van der Waals surface area contributed by atoms with Crippen LogP contribution in [0.25, 0.3) is 0 Å². The molecule has 0 aliphatic heterocycles. The molecular weight excluding hydrogens is 150 g/mol. The Morgan fingerprint density at radius 2 is 2.40 bits per heavy atom. The van der Waals surface area contributed by atoms with Gasteiger partial charge in [0.25, 0.3) is 0 Å². The van der Waals surface area contributed by atoms with E-state index in [1.54, 1.807) is 0 Å². The smallest absolute Gasteiger partial charge is 0.237 e. The molecule has 1 amide bonds. The third kappa shape index (κ3) is 2.68. The van der Waals surface area contributed by atoms with Crippen molar-refractivity contribution in [3.05, 3.63) is 12.7 Å². The highest BCUT2D eigenvalue weighted by atomic mass is 32.2. The molecule has 0 aromatic rings. The molecule has 0 saturated carbocycles. The molecule has 4 heteroatoms. The first-order valence-electron chi connectivity index (χ1n) is 2.69. The van der Waals surface area contributed by atoms with Gasteiger partial charge < -0.3 is 5.32 Å². The van der Waals surface area contributed by atoms with E-state index in [1.807, 2.05) is 0 Å². The third-order valence-corrected chi connectivity index (χ3v) is 1.73. The lowest BCUT2D eigenvalue weighted by Crippen LogP contribution is -2.27. The van der Waals surface area contributed by atoms with Crippen LogP contribution in [-0.4, -0.2) is 23.8 Å². The highest BCUT2D eigenvalue weighted by Crippen LogP contribution is 2.07. The van der Waals surface area contributed by atoms with Crippen molar-refractivity contribution in [1.82, 2.24) is 5.32 Å². The Balaban J connectivity index is 3.91. The summed E-state index contributed by atoms with van der Waals surface area (Å²) in [5, 5.41) is 1.95. The number of thioether (sulfide) groups is 1. The maximum atomic E-state index is 10.8. The van der Waals surface area contributed by atoms with Gasteiger partial charge in [0.1, 0.15) is 5.25 Å². The van der Waals surface area contributed by atoms with E-state index in [-0.39, 0.29) is 5.91 Å². The topological polar surface area (TPSA) is 46.2 Å². The number of hydrogen-bond donors (Lipinski definition) is 1. The van der Waals surface area contributed by atoms with E-state index in [0.29, 0.717) is 5.62 Å². The second kappa shape index (κ2) is 5.05. The molecule has 0 aliphatic rings. The summed E-state index contributed by atoms with van der Waals surface area (Å²) in [7, 11) is 1.52. The Morgan fingerprint density at radius 1 is 1.80 bits per heavy atom. The zero-order chi connectivity index (χ0) is 7.98. The molecule has 1 unspecified atom stereocenters. The Kier molecular flexibility index (Phi) is 4.66. The Bertz CT molecular complexity index is 147. The molecule has 0 aliphatic carbocycles. The van der Waals surface area contributed by atoms with Crippen LogP contribution in [-0.2, 0) is 9.59 Å². The molecule has 0 spiro atoms. The van der Waals surface area contributed by atoms with E-state index < -0.39 is 5.25 Å². The van der Waals surface area contributed by atoms with Crippen LogP contribution >= 0.6 is 11.8 Å². The second-order valence-corrected chi connectivity index (χ2v) is 2.48. The highest BCUT2D eigenvalue weighted by Gasteiger charge is 2.11. The summed E-state index contributed by atoms with van der Waals surface area (Å²) >= 11 is 0.898. The molecule has 0 radical (unpaired) electrons. The molecule has 3 nitrogen and oxygen atoms in total. The van der Waals surface area contributed by atoms with E-state index in [9.17, 15) is 9.59 Å². The van der Waals surface area contributed by atoms with Crippen molar-refractivity contribution in [3.8, 4) is 0 Å². The van der Waals surface area contributed by atoms with Crippen LogP contribution in [0.3, 0.4) is 0 Å². The predicted molar refractivity (Wildman–Crippen MR) is 42.4 cm³/mol. The molecule has 0 aromatic heterocycles. The van der Waals surface area contributed by atoms with Crippen molar-refractivity contribution in [3.63, 3.8) is 0 Å². The Hall–Kier alpha value is -0.770. The molecular formula is C6H9NO2S. The second-order valence-electron chi connectivity index (χ2n) is 1.50. The van der Waals surface area contributed by atoms with Gasteiger partial charge in [0.2, 0.25) is 5.91 Å². The Morgan fingerprint density at radius 3 is 2.70 bits per heavy atom. The maximum Gasteiger partial charge on any atom is 0.237 e.